The maximum Gasteiger partial charge on any atom is 0.273 e. The highest BCUT2D eigenvalue weighted by atomic mass is 32.2. The third-order valence-electron chi connectivity index (χ3n) is 7.33. The van der Waals surface area contributed by atoms with Gasteiger partial charge in [0.25, 0.3) is 10.0 Å². The molecule has 7 nitrogen and oxygen atoms in total. The van der Waals surface area contributed by atoms with E-state index in [1.54, 1.807) is 11.4 Å². The second-order valence-electron chi connectivity index (χ2n) is 10.9. The summed E-state index contributed by atoms with van der Waals surface area (Å²) in [5.41, 5.74) is 5.09. The summed E-state index contributed by atoms with van der Waals surface area (Å²) in [6, 6.07) is 36.5. The van der Waals surface area contributed by atoms with Crippen LogP contribution in [0.2, 0.25) is 0 Å². The van der Waals surface area contributed by atoms with E-state index in [1.165, 1.54) is 11.6 Å². The first kappa shape index (κ1) is 34.1. The number of aryl methyl sites for hydroxylation is 2. The Morgan fingerprint density at radius 2 is 1.47 bits per heavy atom. The van der Waals surface area contributed by atoms with Gasteiger partial charge in [0, 0.05) is 35.1 Å². The summed E-state index contributed by atoms with van der Waals surface area (Å²) in [5.74, 6) is 2.09. The van der Waals surface area contributed by atoms with Gasteiger partial charge in [-0.05, 0) is 76.4 Å². The average molecular weight is 688 g/mol. The van der Waals surface area contributed by atoms with Crippen LogP contribution in [-0.4, -0.2) is 37.5 Å². The molecular formula is C37H37NO6S3. The lowest BCUT2D eigenvalue weighted by atomic mass is 9.96. The molecule has 10 heteroatoms. The van der Waals surface area contributed by atoms with Crippen LogP contribution in [-0.2, 0) is 44.2 Å². The summed E-state index contributed by atoms with van der Waals surface area (Å²) in [6.07, 6.45) is 1.94. The molecule has 0 aliphatic heterocycles. The average Bonchev–Trinajstić information content (AvgIpc) is 3.64. The van der Waals surface area contributed by atoms with E-state index in [9.17, 15) is 17.4 Å². The van der Waals surface area contributed by atoms with Crippen LogP contribution in [0.1, 0.15) is 29.5 Å². The Bertz CT molecular complexity index is 1860. The minimum atomic E-state index is -3.84. The molecule has 5 rings (SSSR count). The maximum absolute atomic E-state index is 12.6. The molecule has 1 N–H and O–H groups in total. The van der Waals surface area contributed by atoms with Gasteiger partial charge in [-0.2, -0.15) is 0 Å². The van der Waals surface area contributed by atoms with Gasteiger partial charge in [0.1, 0.15) is 15.7 Å². The second kappa shape index (κ2) is 17.1. The van der Waals surface area contributed by atoms with Crippen molar-refractivity contribution in [1.82, 2.24) is 4.72 Å². The monoisotopic (exact) mass is 687 g/mol. The van der Waals surface area contributed by atoms with E-state index in [0.717, 1.165) is 51.5 Å². The summed E-state index contributed by atoms with van der Waals surface area (Å²) in [4.78, 5) is 12.4. The van der Waals surface area contributed by atoms with Gasteiger partial charge in [-0.1, -0.05) is 84.9 Å². The molecule has 1 atom stereocenters. The quantitative estimate of drug-likeness (QED) is 0.104. The molecule has 0 saturated heterocycles. The number of carbonyl (C=O) groups is 1. The van der Waals surface area contributed by atoms with Crippen LogP contribution in [0.4, 0.5) is 0 Å². The van der Waals surface area contributed by atoms with Crippen molar-refractivity contribution < 1.29 is 26.9 Å². The molecular weight excluding hydrogens is 651 g/mol. The van der Waals surface area contributed by atoms with Crippen molar-refractivity contribution in [3.05, 3.63) is 137 Å². The van der Waals surface area contributed by atoms with Gasteiger partial charge < -0.3 is 9.47 Å². The zero-order chi connectivity index (χ0) is 32.9. The highest BCUT2D eigenvalue weighted by Crippen LogP contribution is 2.27. The predicted octanol–water partition coefficient (Wildman–Crippen LogP) is 7.19. The first-order valence-electron chi connectivity index (χ1n) is 15.4. The molecule has 0 radical (unpaired) electrons. The molecule has 0 aliphatic rings. The number of ether oxygens (including phenoxy) is 2. The number of hydrogen-bond donors (Lipinski definition) is 1. The molecule has 0 spiro atoms. The first-order chi connectivity index (χ1) is 22.9. The SMILES string of the molecule is O=C(CCc1ccccc1-c1ccc(OCCCOc2cccc(CS(=O)CCc3ccccc3)c2)cc1)NS(=O)(=O)c1cccs1. The molecule has 244 valence electrons. The van der Waals surface area contributed by atoms with Crippen LogP contribution >= 0.6 is 11.3 Å². The predicted molar refractivity (Wildman–Crippen MR) is 189 cm³/mol. The Labute approximate surface area is 283 Å². The van der Waals surface area contributed by atoms with Crippen LogP contribution in [0.3, 0.4) is 0 Å². The van der Waals surface area contributed by atoms with Gasteiger partial charge >= 0.3 is 0 Å². The van der Waals surface area contributed by atoms with Crippen LogP contribution in [0.5, 0.6) is 11.5 Å². The third kappa shape index (κ3) is 10.6. The number of nitrogens with one attached hydrogen (secondary N) is 1. The molecule has 0 saturated carbocycles. The van der Waals surface area contributed by atoms with Crippen molar-refractivity contribution in [3.8, 4) is 22.6 Å². The molecule has 1 amide bonds. The zero-order valence-corrected chi connectivity index (χ0v) is 28.3. The highest BCUT2D eigenvalue weighted by molar-refractivity contribution is 7.92. The molecule has 0 aliphatic carbocycles. The van der Waals surface area contributed by atoms with Crippen molar-refractivity contribution in [2.75, 3.05) is 19.0 Å². The molecule has 47 heavy (non-hydrogen) atoms. The number of thiophene rings is 1. The number of carbonyl (C=O) groups excluding carboxylic acids is 1. The van der Waals surface area contributed by atoms with Crippen LogP contribution < -0.4 is 14.2 Å². The Hall–Kier alpha value is -4.25. The van der Waals surface area contributed by atoms with Crippen molar-refractivity contribution in [3.63, 3.8) is 0 Å². The van der Waals surface area contributed by atoms with Crippen LogP contribution in [0.15, 0.2) is 125 Å². The number of sulfonamides is 1. The van der Waals surface area contributed by atoms with E-state index in [0.29, 0.717) is 37.6 Å². The lowest BCUT2D eigenvalue weighted by Gasteiger charge is -2.12. The van der Waals surface area contributed by atoms with E-state index < -0.39 is 26.7 Å². The highest BCUT2D eigenvalue weighted by Gasteiger charge is 2.18. The number of benzene rings is 4. The minimum Gasteiger partial charge on any atom is -0.493 e. The summed E-state index contributed by atoms with van der Waals surface area (Å²) in [6.45, 7) is 0.983. The molecule has 5 aromatic rings. The second-order valence-corrected chi connectivity index (χ2v) is 15.3. The summed E-state index contributed by atoms with van der Waals surface area (Å²) >= 11 is 1.07. The zero-order valence-electron chi connectivity index (χ0n) is 25.9. The van der Waals surface area contributed by atoms with E-state index in [4.69, 9.17) is 9.47 Å². The van der Waals surface area contributed by atoms with Crippen molar-refractivity contribution in [2.24, 2.45) is 0 Å². The standard InChI is InChI=1S/C37H37NO6S3/c39-36(38-47(41,42)37-15-7-25-45-37)21-18-31-12-4-5-14-35(31)32-16-19-33(20-17-32)43-23-8-24-44-34-13-6-11-30(27-34)28-46(40)26-22-29-9-2-1-3-10-29/h1-7,9-17,19-20,25,27H,8,18,21-24,26,28H2,(H,38,39). The number of amides is 1. The van der Waals surface area contributed by atoms with E-state index in [-0.39, 0.29) is 10.6 Å². The summed E-state index contributed by atoms with van der Waals surface area (Å²) in [7, 11) is -4.79. The molecule has 1 heterocycles. The van der Waals surface area contributed by atoms with Gasteiger partial charge in [-0.25, -0.2) is 13.1 Å². The smallest absolute Gasteiger partial charge is 0.273 e. The molecule has 1 unspecified atom stereocenters. The largest absolute Gasteiger partial charge is 0.493 e. The maximum atomic E-state index is 12.6. The third-order valence-corrected chi connectivity index (χ3v) is 11.4. The Morgan fingerprint density at radius 1 is 0.745 bits per heavy atom. The van der Waals surface area contributed by atoms with Crippen molar-refractivity contribution >= 4 is 38.1 Å². The van der Waals surface area contributed by atoms with Gasteiger partial charge in [0.15, 0.2) is 0 Å². The van der Waals surface area contributed by atoms with E-state index in [2.05, 4.69) is 16.9 Å². The Kier molecular flexibility index (Phi) is 12.4. The van der Waals surface area contributed by atoms with Gasteiger partial charge in [0.05, 0.1) is 13.2 Å². The number of rotatable bonds is 17. The molecule has 0 fully saturated rings. The van der Waals surface area contributed by atoms with Gasteiger partial charge in [0.2, 0.25) is 5.91 Å². The fraction of sp³-hybridized carbons (Fsp3) is 0.216. The molecule has 1 aromatic heterocycles. The van der Waals surface area contributed by atoms with Gasteiger partial charge in [-0.15, -0.1) is 11.3 Å². The molecule has 0 bridgehead atoms. The minimum absolute atomic E-state index is 0.0451. The van der Waals surface area contributed by atoms with E-state index in [1.807, 2.05) is 91.0 Å². The van der Waals surface area contributed by atoms with Crippen molar-refractivity contribution in [1.29, 1.82) is 0 Å². The first-order valence-corrected chi connectivity index (χ1v) is 19.2. The van der Waals surface area contributed by atoms with Crippen molar-refractivity contribution in [2.45, 2.75) is 35.6 Å². The molecule has 4 aromatic carbocycles. The lowest BCUT2D eigenvalue weighted by molar-refractivity contribution is -0.119. The summed E-state index contributed by atoms with van der Waals surface area (Å²) in [5, 5.41) is 1.66. The topological polar surface area (TPSA) is 98.8 Å². The fourth-order valence-electron chi connectivity index (χ4n) is 4.96. The number of hydrogen-bond acceptors (Lipinski definition) is 7. The lowest BCUT2D eigenvalue weighted by Crippen LogP contribution is -2.30. The van der Waals surface area contributed by atoms with Gasteiger partial charge in [-0.3, -0.25) is 9.00 Å². The summed E-state index contributed by atoms with van der Waals surface area (Å²) < 4.78 is 51.5. The Morgan fingerprint density at radius 3 is 2.23 bits per heavy atom. The normalized spacial score (nSPS) is 11.9. The fourth-order valence-corrected chi connectivity index (χ4v) is 8.13. The van der Waals surface area contributed by atoms with Crippen LogP contribution in [0.25, 0.3) is 11.1 Å². The van der Waals surface area contributed by atoms with Crippen LogP contribution in [0, 0.1) is 0 Å². The van der Waals surface area contributed by atoms with E-state index >= 15 is 0 Å². The Balaban J connectivity index is 1.04.